The molecule has 4 rings (SSSR count). The Morgan fingerprint density at radius 2 is 1.62 bits per heavy atom. The Bertz CT molecular complexity index is 1250. The fourth-order valence-corrected chi connectivity index (χ4v) is 5.82. The summed E-state index contributed by atoms with van der Waals surface area (Å²) in [7, 11) is 1.30. The summed E-state index contributed by atoms with van der Waals surface area (Å²) in [6.45, 7) is 3.20. The molecule has 0 bridgehead atoms. The van der Waals surface area contributed by atoms with Crippen LogP contribution in [0.1, 0.15) is 29.5 Å². The first-order valence-electron chi connectivity index (χ1n) is 13.1. The molecule has 40 heavy (non-hydrogen) atoms. The molecule has 1 unspecified atom stereocenters. The standard InChI is InChI=1S/C28H31Cl4N3O5/c1-39-28(38)34-10-11-35(25(36)13-18-4-6-22(29)24(31)12-18)20(15-34)17-40-26(37)14-19-5-7-23(30)27(32)21(19)16-33-8-2-3-9-33/h4-7,12,20H,2-3,8-11,13-17H2,1H3. The van der Waals surface area contributed by atoms with E-state index in [0.717, 1.165) is 37.1 Å². The second kappa shape index (κ2) is 14.1. The maximum absolute atomic E-state index is 13.3. The second-order valence-electron chi connectivity index (χ2n) is 9.92. The fraction of sp³-hybridized carbons (Fsp3) is 0.464. The number of ether oxygens (including phenoxy) is 2. The molecule has 12 heteroatoms. The van der Waals surface area contributed by atoms with Crippen LogP contribution in [0.15, 0.2) is 30.3 Å². The topological polar surface area (TPSA) is 79.4 Å². The molecule has 0 radical (unpaired) electrons. The van der Waals surface area contributed by atoms with Gasteiger partial charge in [-0.05, 0) is 60.8 Å². The number of carbonyl (C=O) groups excluding carboxylic acids is 3. The van der Waals surface area contributed by atoms with Crippen LogP contribution in [0.5, 0.6) is 0 Å². The van der Waals surface area contributed by atoms with Crippen LogP contribution in [-0.2, 0) is 38.4 Å². The van der Waals surface area contributed by atoms with Crippen LogP contribution < -0.4 is 0 Å². The van der Waals surface area contributed by atoms with Gasteiger partial charge in [0.25, 0.3) is 0 Å². The highest BCUT2D eigenvalue weighted by atomic mass is 35.5. The van der Waals surface area contributed by atoms with Gasteiger partial charge in [-0.25, -0.2) is 4.79 Å². The van der Waals surface area contributed by atoms with E-state index in [1.54, 1.807) is 35.2 Å². The highest BCUT2D eigenvalue weighted by molar-refractivity contribution is 6.42. The van der Waals surface area contributed by atoms with E-state index in [2.05, 4.69) is 4.90 Å². The van der Waals surface area contributed by atoms with Crippen LogP contribution in [0.25, 0.3) is 0 Å². The number of esters is 1. The highest BCUT2D eigenvalue weighted by Gasteiger charge is 2.34. The SMILES string of the molecule is COC(=O)N1CCN(C(=O)Cc2ccc(Cl)c(Cl)c2)C(COC(=O)Cc2ccc(Cl)c(Cl)c2CN2CCCC2)C1. The molecular formula is C28H31Cl4N3O5. The number of hydrogen-bond donors (Lipinski definition) is 0. The van der Waals surface area contributed by atoms with Crippen molar-refractivity contribution in [2.75, 3.05) is 46.4 Å². The van der Waals surface area contributed by atoms with Crippen molar-refractivity contribution in [1.29, 1.82) is 0 Å². The number of nitrogens with zero attached hydrogens (tertiary/aromatic N) is 3. The van der Waals surface area contributed by atoms with E-state index in [1.165, 1.54) is 12.0 Å². The van der Waals surface area contributed by atoms with E-state index in [-0.39, 0.29) is 38.4 Å². The van der Waals surface area contributed by atoms with Crippen molar-refractivity contribution in [3.05, 3.63) is 67.1 Å². The van der Waals surface area contributed by atoms with Crippen molar-refractivity contribution in [3.8, 4) is 0 Å². The monoisotopic (exact) mass is 629 g/mol. The molecule has 0 aliphatic carbocycles. The average Bonchev–Trinajstić information content (AvgIpc) is 3.46. The van der Waals surface area contributed by atoms with E-state index in [9.17, 15) is 14.4 Å². The van der Waals surface area contributed by atoms with Gasteiger partial charge in [0.1, 0.15) is 6.61 Å². The van der Waals surface area contributed by atoms with Gasteiger partial charge >= 0.3 is 12.1 Å². The maximum Gasteiger partial charge on any atom is 0.409 e. The van der Waals surface area contributed by atoms with Crippen molar-refractivity contribution in [1.82, 2.24) is 14.7 Å². The van der Waals surface area contributed by atoms with Crippen molar-refractivity contribution in [2.24, 2.45) is 0 Å². The fourth-order valence-electron chi connectivity index (χ4n) is 5.08. The van der Waals surface area contributed by atoms with Gasteiger partial charge < -0.3 is 19.3 Å². The third-order valence-electron chi connectivity index (χ3n) is 7.22. The molecule has 2 aromatic carbocycles. The number of carbonyl (C=O) groups is 3. The highest BCUT2D eigenvalue weighted by Crippen LogP contribution is 2.31. The molecule has 2 aliphatic rings. The summed E-state index contributed by atoms with van der Waals surface area (Å²) in [5.41, 5.74) is 2.27. The minimum atomic E-state index is -0.551. The lowest BCUT2D eigenvalue weighted by molar-refractivity contribution is -0.149. The number of amides is 2. The zero-order valence-electron chi connectivity index (χ0n) is 22.1. The summed E-state index contributed by atoms with van der Waals surface area (Å²) in [5.74, 6) is -0.644. The van der Waals surface area contributed by atoms with E-state index in [1.807, 2.05) is 0 Å². The molecule has 0 aromatic heterocycles. The number of methoxy groups -OCH3 is 1. The summed E-state index contributed by atoms with van der Waals surface area (Å²) in [5, 5.41) is 1.65. The summed E-state index contributed by atoms with van der Waals surface area (Å²) >= 11 is 24.9. The van der Waals surface area contributed by atoms with Crippen LogP contribution >= 0.6 is 46.4 Å². The molecule has 0 saturated carbocycles. The lowest BCUT2D eigenvalue weighted by Gasteiger charge is -2.40. The molecule has 2 saturated heterocycles. The van der Waals surface area contributed by atoms with Gasteiger partial charge in [0.05, 0.1) is 46.1 Å². The lowest BCUT2D eigenvalue weighted by Crippen LogP contribution is -2.58. The predicted octanol–water partition coefficient (Wildman–Crippen LogP) is 5.50. The molecule has 2 aromatic rings. The van der Waals surface area contributed by atoms with Crippen LogP contribution in [0.4, 0.5) is 4.79 Å². The van der Waals surface area contributed by atoms with E-state index < -0.39 is 18.1 Å². The maximum atomic E-state index is 13.3. The van der Waals surface area contributed by atoms with Crippen LogP contribution in [0.3, 0.4) is 0 Å². The summed E-state index contributed by atoms with van der Waals surface area (Å²) in [6.07, 6.45) is 1.84. The molecule has 0 spiro atoms. The van der Waals surface area contributed by atoms with Gasteiger partial charge in [-0.1, -0.05) is 58.5 Å². The first kappa shape index (κ1) is 30.7. The third-order valence-corrected chi connectivity index (χ3v) is 8.80. The quantitative estimate of drug-likeness (QED) is 0.358. The largest absolute Gasteiger partial charge is 0.463 e. The molecule has 2 heterocycles. The third kappa shape index (κ3) is 7.74. The zero-order valence-corrected chi connectivity index (χ0v) is 25.2. The molecule has 216 valence electrons. The minimum absolute atomic E-state index is 0.00468. The number of likely N-dealkylation sites (tertiary alicyclic amines) is 1. The van der Waals surface area contributed by atoms with Gasteiger partial charge in [-0.3, -0.25) is 14.5 Å². The summed E-state index contributed by atoms with van der Waals surface area (Å²) in [6, 6.07) is 7.96. The van der Waals surface area contributed by atoms with Crippen LogP contribution in [-0.4, -0.2) is 85.2 Å². The molecule has 8 nitrogen and oxygen atoms in total. The second-order valence-corrected chi connectivity index (χ2v) is 11.5. The normalized spacial score (nSPS) is 17.7. The Kier molecular flexibility index (Phi) is 10.8. The first-order valence-corrected chi connectivity index (χ1v) is 14.6. The number of hydrogen-bond acceptors (Lipinski definition) is 6. The van der Waals surface area contributed by atoms with E-state index in [4.69, 9.17) is 55.9 Å². The molecule has 0 N–H and O–H groups in total. The van der Waals surface area contributed by atoms with Gasteiger partial charge in [-0.2, -0.15) is 0 Å². The first-order chi connectivity index (χ1) is 19.2. The molecule has 2 amide bonds. The molecular weight excluding hydrogens is 600 g/mol. The van der Waals surface area contributed by atoms with Crippen molar-refractivity contribution < 1.29 is 23.9 Å². The Labute approximate surface area is 254 Å². The Hall–Kier alpha value is -2.23. The van der Waals surface area contributed by atoms with Crippen LogP contribution in [0, 0.1) is 0 Å². The summed E-state index contributed by atoms with van der Waals surface area (Å²) < 4.78 is 10.5. The van der Waals surface area contributed by atoms with Gasteiger partial charge in [0.15, 0.2) is 0 Å². The Balaban J connectivity index is 1.44. The molecule has 2 aliphatic heterocycles. The van der Waals surface area contributed by atoms with E-state index in [0.29, 0.717) is 38.7 Å². The van der Waals surface area contributed by atoms with Crippen molar-refractivity contribution in [2.45, 2.75) is 38.3 Å². The summed E-state index contributed by atoms with van der Waals surface area (Å²) in [4.78, 5) is 43.9. The van der Waals surface area contributed by atoms with Gasteiger partial charge in [0, 0.05) is 26.2 Å². The molecule has 2 fully saturated rings. The lowest BCUT2D eigenvalue weighted by atomic mass is 10.0. The average molecular weight is 631 g/mol. The van der Waals surface area contributed by atoms with E-state index >= 15 is 0 Å². The van der Waals surface area contributed by atoms with Crippen LogP contribution in [0.2, 0.25) is 20.1 Å². The number of benzene rings is 2. The number of rotatable bonds is 8. The van der Waals surface area contributed by atoms with Crippen molar-refractivity contribution >= 4 is 64.4 Å². The van der Waals surface area contributed by atoms with Crippen molar-refractivity contribution in [3.63, 3.8) is 0 Å². The number of halogens is 4. The number of piperazine rings is 1. The molecule has 1 atom stereocenters. The smallest absolute Gasteiger partial charge is 0.409 e. The van der Waals surface area contributed by atoms with Gasteiger partial charge in [-0.15, -0.1) is 0 Å². The minimum Gasteiger partial charge on any atom is -0.463 e. The Morgan fingerprint density at radius 1 is 0.900 bits per heavy atom. The predicted molar refractivity (Wildman–Crippen MR) is 155 cm³/mol. The Morgan fingerprint density at radius 3 is 2.33 bits per heavy atom. The van der Waals surface area contributed by atoms with Gasteiger partial charge in [0.2, 0.25) is 5.91 Å². The zero-order chi connectivity index (χ0) is 28.8.